The second kappa shape index (κ2) is 6.76. The Morgan fingerprint density at radius 1 is 1.21 bits per heavy atom. The highest BCUT2D eigenvalue weighted by Gasteiger charge is 2.34. The van der Waals surface area contributed by atoms with Gasteiger partial charge in [0.15, 0.2) is 0 Å². The van der Waals surface area contributed by atoms with Crippen molar-refractivity contribution in [2.45, 2.75) is 38.4 Å². The van der Waals surface area contributed by atoms with Crippen LogP contribution in [0.25, 0.3) is 22.1 Å². The lowest BCUT2D eigenvalue weighted by atomic mass is 10.1. The van der Waals surface area contributed by atoms with E-state index in [1.54, 1.807) is 0 Å². The lowest BCUT2D eigenvalue weighted by Crippen LogP contribution is -2.30. The monoisotopic (exact) mass is 393 g/mol. The number of nitrogens with zero attached hydrogens (tertiary/aromatic N) is 2. The third kappa shape index (κ3) is 3.01. The summed E-state index contributed by atoms with van der Waals surface area (Å²) < 4.78 is 5.70. The van der Waals surface area contributed by atoms with Gasteiger partial charge < -0.3 is 9.40 Å². The predicted molar refractivity (Wildman–Crippen MR) is 111 cm³/mol. The summed E-state index contributed by atoms with van der Waals surface area (Å²) in [6.45, 7) is 2.71. The molecule has 0 saturated heterocycles. The lowest BCUT2D eigenvalue weighted by Gasteiger charge is -2.29. The number of aromatic amines is 1. The molecule has 5 nitrogen and oxygen atoms in total. The number of aromatic nitrogens is 2. The van der Waals surface area contributed by atoms with Gasteiger partial charge in [-0.25, -0.2) is 4.98 Å². The van der Waals surface area contributed by atoms with Gasteiger partial charge in [0, 0.05) is 22.5 Å². The maximum Gasteiger partial charge on any atom is 0.294 e. The first-order valence-electron chi connectivity index (χ1n) is 9.52. The minimum atomic E-state index is -0.239. The van der Waals surface area contributed by atoms with Crippen molar-refractivity contribution in [3.8, 4) is 0 Å². The molecule has 2 aromatic carbocycles. The Morgan fingerprint density at radius 2 is 1.96 bits per heavy atom. The zero-order valence-corrected chi connectivity index (χ0v) is 16.2. The molecule has 6 heteroatoms. The van der Waals surface area contributed by atoms with Crippen molar-refractivity contribution in [3.05, 3.63) is 75.3 Å². The SMILES string of the molecule is CC(c1ccccc1Cl)N(Cc1nc2c(oc3ccccc32)c(=O)[nH]1)C1CC1. The molecule has 0 radical (unpaired) electrons. The van der Waals surface area contributed by atoms with Crippen molar-refractivity contribution >= 4 is 33.7 Å². The minimum absolute atomic E-state index is 0.128. The van der Waals surface area contributed by atoms with Crippen LogP contribution in [0, 0.1) is 0 Å². The largest absolute Gasteiger partial charge is 0.449 e. The molecule has 1 unspecified atom stereocenters. The summed E-state index contributed by atoms with van der Waals surface area (Å²) in [5.74, 6) is 0.648. The number of nitrogens with one attached hydrogen (secondary N) is 1. The molecule has 1 atom stereocenters. The van der Waals surface area contributed by atoms with Crippen molar-refractivity contribution in [2.75, 3.05) is 0 Å². The van der Waals surface area contributed by atoms with Crippen LogP contribution in [-0.2, 0) is 6.54 Å². The van der Waals surface area contributed by atoms with Crippen molar-refractivity contribution < 1.29 is 4.42 Å². The van der Waals surface area contributed by atoms with Crippen molar-refractivity contribution in [2.24, 2.45) is 0 Å². The van der Waals surface area contributed by atoms with E-state index in [1.165, 1.54) is 0 Å². The first kappa shape index (κ1) is 17.5. The van der Waals surface area contributed by atoms with Crippen LogP contribution in [0.15, 0.2) is 57.7 Å². The first-order valence-corrected chi connectivity index (χ1v) is 9.90. The lowest BCUT2D eigenvalue weighted by molar-refractivity contribution is 0.186. The summed E-state index contributed by atoms with van der Waals surface area (Å²) in [4.78, 5) is 22.6. The van der Waals surface area contributed by atoms with E-state index in [9.17, 15) is 4.79 Å². The molecule has 1 saturated carbocycles. The maximum atomic E-state index is 12.6. The van der Waals surface area contributed by atoms with Gasteiger partial charge in [0.2, 0.25) is 5.58 Å². The Labute approximate surface area is 166 Å². The van der Waals surface area contributed by atoms with E-state index < -0.39 is 0 Å². The Kier molecular flexibility index (Phi) is 4.22. The van der Waals surface area contributed by atoms with Gasteiger partial charge in [-0.1, -0.05) is 41.9 Å². The third-order valence-corrected chi connectivity index (χ3v) is 5.83. The van der Waals surface area contributed by atoms with Crippen LogP contribution in [0.3, 0.4) is 0 Å². The normalized spacial score (nSPS) is 15.5. The van der Waals surface area contributed by atoms with E-state index in [4.69, 9.17) is 21.0 Å². The second-order valence-corrected chi connectivity index (χ2v) is 7.80. The van der Waals surface area contributed by atoms with Gasteiger partial charge in [0.25, 0.3) is 5.56 Å². The fourth-order valence-electron chi connectivity index (χ4n) is 3.88. The molecule has 28 heavy (non-hydrogen) atoms. The smallest absolute Gasteiger partial charge is 0.294 e. The summed E-state index contributed by atoms with van der Waals surface area (Å²) in [6.07, 6.45) is 2.30. The van der Waals surface area contributed by atoms with Gasteiger partial charge in [-0.05, 0) is 43.5 Å². The Bertz CT molecular complexity index is 1230. The predicted octanol–water partition coefficient (Wildman–Crippen LogP) is 5.05. The van der Waals surface area contributed by atoms with Gasteiger partial charge in [0.1, 0.15) is 16.9 Å². The number of para-hydroxylation sites is 1. The zero-order chi connectivity index (χ0) is 19.3. The topological polar surface area (TPSA) is 62.1 Å². The van der Waals surface area contributed by atoms with Crippen LogP contribution < -0.4 is 5.56 Å². The molecule has 2 heterocycles. The third-order valence-electron chi connectivity index (χ3n) is 5.48. The van der Waals surface area contributed by atoms with E-state index in [1.807, 2.05) is 42.5 Å². The van der Waals surface area contributed by atoms with Gasteiger partial charge in [-0.2, -0.15) is 0 Å². The molecule has 5 rings (SSSR count). The molecule has 142 valence electrons. The Balaban J connectivity index is 1.54. The van der Waals surface area contributed by atoms with Crippen LogP contribution in [0.2, 0.25) is 5.02 Å². The fraction of sp³-hybridized carbons (Fsp3) is 0.273. The Hall–Kier alpha value is -2.63. The zero-order valence-electron chi connectivity index (χ0n) is 15.5. The number of rotatable bonds is 5. The molecule has 0 aliphatic heterocycles. The van der Waals surface area contributed by atoms with Crippen molar-refractivity contribution in [3.63, 3.8) is 0 Å². The number of hydrogen-bond donors (Lipinski definition) is 1. The molecular weight excluding hydrogens is 374 g/mol. The maximum absolute atomic E-state index is 12.6. The number of furan rings is 1. The average molecular weight is 394 g/mol. The molecule has 1 aliphatic rings. The molecule has 1 N–H and O–H groups in total. The molecule has 0 spiro atoms. The van der Waals surface area contributed by atoms with Crippen LogP contribution in [0.4, 0.5) is 0 Å². The molecule has 0 amide bonds. The molecule has 4 aromatic rings. The van der Waals surface area contributed by atoms with Crippen LogP contribution >= 0.6 is 11.6 Å². The summed E-state index contributed by atoms with van der Waals surface area (Å²) in [6, 6.07) is 16.1. The van der Waals surface area contributed by atoms with Crippen LogP contribution in [0.5, 0.6) is 0 Å². The summed E-state index contributed by atoms with van der Waals surface area (Å²) in [5.41, 5.74) is 2.43. The first-order chi connectivity index (χ1) is 13.6. The van der Waals surface area contributed by atoms with Crippen molar-refractivity contribution in [1.82, 2.24) is 14.9 Å². The number of benzene rings is 2. The summed E-state index contributed by atoms with van der Waals surface area (Å²) in [7, 11) is 0. The quantitative estimate of drug-likeness (QED) is 0.515. The minimum Gasteiger partial charge on any atom is -0.449 e. The van der Waals surface area contributed by atoms with Gasteiger partial charge in [-0.3, -0.25) is 9.69 Å². The van der Waals surface area contributed by atoms with E-state index in [2.05, 4.69) is 22.9 Å². The second-order valence-electron chi connectivity index (χ2n) is 7.39. The number of H-pyrrole nitrogens is 1. The van der Waals surface area contributed by atoms with E-state index in [-0.39, 0.29) is 17.2 Å². The van der Waals surface area contributed by atoms with Crippen LogP contribution in [-0.4, -0.2) is 20.9 Å². The highest BCUT2D eigenvalue weighted by molar-refractivity contribution is 6.31. The molecule has 1 fully saturated rings. The van der Waals surface area contributed by atoms with E-state index in [0.29, 0.717) is 29.5 Å². The molecule has 1 aliphatic carbocycles. The molecule has 0 bridgehead atoms. The molecular formula is C22H20ClN3O2. The van der Waals surface area contributed by atoms with Gasteiger partial charge in [-0.15, -0.1) is 0 Å². The van der Waals surface area contributed by atoms with Crippen LogP contribution in [0.1, 0.15) is 37.2 Å². The fourth-order valence-corrected chi connectivity index (χ4v) is 4.17. The highest BCUT2D eigenvalue weighted by atomic mass is 35.5. The van der Waals surface area contributed by atoms with E-state index in [0.717, 1.165) is 28.8 Å². The number of fused-ring (bicyclic) bond motifs is 3. The number of halogens is 1. The highest BCUT2D eigenvalue weighted by Crippen LogP contribution is 2.37. The van der Waals surface area contributed by atoms with Gasteiger partial charge in [0.05, 0.1) is 6.54 Å². The van der Waals surface area contributed by atoms with E-state index >= 15 is 0 Å². The summed E-state index contributed by atoms with van der Waals surface area (Å²) >= 11 is 6.43. The van der Waals surface area contributed by atoms with Gasteiger partial charge >= 0.3 is 0 Å². The standard InChI is InChI=1S/C22H20ClN3O2/c1-13(15-6-2-4-8-17(15)23)26(14-10-11-14)12-19-24-20-16-7-3-5-9-18(16)28-21(20)22(27)25-19/h2-9,13-14H,10-12H2,1H3,(H,24,25,27). The molecule has 2 aromatic heterocycles. The number of hydrogen-bond acceptors (Lipinski definition) is 4. The van der Waals surface area contributed by atoms with Crippen molar-refractivity contribution in [1.29, 1.82) is 0 Å². The Morgan fingerprint density at radius 3 is 2.75 bits per heavy atom. The average Bonchev–Trinajstić information content (AvgIpc) is 3.47. The summed E-state index contributed by atoms with van der Waals surface area (Å²) in [5, 5.41) is 1.63.